The van der Waals surface area contributed by atoms with Crippen molar-refractivity contribution < 1.29 is 31.1 Å². The Balaban J connectivity index is 2.73. The van der Waals surface area contributed by atoms with Crippen molar-refractivity contribution in [3.05, 3.63) is 0 Å². The lowest BCUT2D eigenvalue weighted by Crippen LogP contribution is -2.50. The van der Waals surface area contributed by atoms with Crippen molar-refractivity contribution >= 4 is 5.91 Å². The third-order valence-electron chi connectivity index (χ3n) is 2.62. The van der Waals surface area contributed by atoms with Crippen LogP contribution in [0.5, 0.6) is 0 Å². The number of amides is 1. The van der Waals surface area contributed by atoms with Crippen molar-refractivity contribution in [3.8, 4) is 0 Å². The van der Waals surface area contributed by atoms with E-state index in [-0.39, 0.29) is 0 Å². The zero-order chi connectivity index (χ0) is 13.3. The molecule has 1 amide bonds. The van der Waals surface area contributed by atoms with Crippen molar-refractivity contribution in [2.75, 3.05) is 0 Å². The molecule has 2 nitrogen and oxygen atoms in total. The van der Waals surface area contributed by atoms with Gasteiger partial charge in [0.15, 0.2) is 0 Å². The Morgan fingerprint density at radius 3 is 1.76 bits per heavy atom. The quantitative estimate of drug-likeness (QED) is 0.762. The van der Waals surface area contributed by atoms with Crippen molar-refractivity contribution in [2.24, 2.45) is 5.92 Å². The summed E-state index contributed by atoms with van der Waals surface area (Å²) in [6, 6.07) is -0.574. The van der Waals surface area contributed by atoms with Crippen LogP contribution in [-0.4, -0.2) is 24.3 Å². The molecule has 0 saturated heterocycles. The van der Waals surface area contributed by atoms with Crippen LogP contribution in [0.1, 0.15) is 25.7 Å². The van der Waals surface area contributed by atoms with Gasteiger partial charge < -0.3 is 5.32 Å². The highest BCUT2D eigenvalue weighted by Crippen LogP contribution is 2.39. The number of hydrogen-bond donors (Lipinski definition) is 1. The highest BCUT2D eigenvalue weighted by Gasteiger charge is 2.61. The molecule has 1 aliphatic carbocycles. The largest absolute Gasteiger partial charge is 0.409 e. The summed E-state index contributed by atoms with van der Waals surface area (Å²) in [6.07, 6.45) is -8.97. The summed E-state index contributed by atoms with van der Waals surface area (Å²) in [5.41, 5.74) is 0. The SMILES string of the molecule is O=C(NC1CCCC1)C(C(F)(F)F)C(F)(F)F. The first-order valence-electron chi connectivity index (χ1n) is 5.06. The maximum atomic E-state index is 12.2. The van der Waals surface area contributed by atoms with Gasteiger partial charge in [0.2, 0.25) is 11.8 Å². The molecule has 0 heterocycles. The van der Waals surface area contributed by atoms with Gasteiger partial charge in [0.25, 0.3) is 0 Å². The van der Waals surface area contributed by atoms with Gasteiger partial charge in [-0.2, -0.15) is 26.3 Å². The molecule has 1 rings (SSSR count). The number of carbonyl (C=O) groups excluding carboxylic acids is 1. The summed E-state index contributed by atoms with van der Waals surface area (Å²) >= 11 is 0. The fourth-order valence-electron chi connectivity index (χ4n) is 1.84. The molecule has 0 aliphatic heterocycles. The maximum Gasteiger partial charge on any atom is 0.409 e. The zero-order valence-electron chi connectivity index (χ0n) is 8.66. The Hall–Kier alpha value is -0.950. The fourth-order valence-corrected chi connectivity index (χ4v) is 1.84. The van der Waals surface area contributed by atoms with Crippen LogP contribution in [0.4, 0.5) is 26.3 Å². The molecule has 0 spiro atoms. The molecular weight excluding hydrogens is 252 g/mol. The van der Waals surface area contributed by atoms with E-state index in [2.05, 4.69) is 0 Å². The first-order valence-corrected chi connectivity index (χ1v) is 5.06. The molecular formula is C9H11F6NO. The molecule has 0 radical (unpaired) electrons. The summed E-state index contributed by atoms with van der Waals surface area (Å²) in [5.74, 6) is -5.94. The summed E-state index contributed by atoms with van der Waals surface area (Å²) in [5, 5.41) is 1.81. The van der Waals surface area contributed by atoms with Crippen molar-refractivity contribution in [1.82, 2.24) is 5.32 Å². The molecule has 1 N–H and O–H groups in total. The second-order valence-electron chi connectivity index (χ2n) is 4.01. The smallest absolute Gasteiger partial charge is 0.353 e. The van der Waals surface area contributed by atoms with Crippen LogP contribution in [0.15, 0.2) is 0 Å². The lowest BCUT2D eigenvalue weighted by Gasteiger charge is -2.23. The van der Waals surface area contributed by atoms with Crippen LogP contribution in [0.2, 0.25) is 0 Å². The summed E-state index contributed by atoms with van der Waals surface area (Å²) in [6.45, 7) is 0. The third kappa shape index (κ3) is 3.78. The number of hydrogen-bond acceptors (Lipinski definition) is 1. The normalized spacial score (nSPS) is 18.8. The topological polar surface area (TPSA) is 29.1 Å². The summed E-state index contributed by atoms with van der Waals surface area (Å²) < 4.78 is 73.0. The van der Waals surface area contributed by atoms with Crippen LogP contribution in [0.25, 0.3) is 0 Å². The predicted octanol–water partition coefficient (Wildman–Crippen LogP) is 2.79. The van der Waals surface area contributed by atoms with Gasteiger partial charge in [-0.05, 0) is 12.8 Å². The number of halogens is 6. The molecule has 0 aromatic heterocycles. The molecule has 0 bridgehead atoms. The highest BCUT2D eigenvalue weighted by molar-refractivity contribution is 5.80. The Morgan fingerprint density at radius 2 is 1.41 bits per heavy atom. The number of rotatable bonds is 2. The van der Waals surface area contributed by atoms with Gasteiger partial charge >= 0.3 is 12.4 Å². The van der Waals surface area contributed by atoms with Crippen LogP contribution < -0.4 is 5.32 Å². The first kappa shape index (κ1) is 14.1. The average Bonchev–Trinajstić information content (AvgIpc) is 2.49. The molecule has 100 valence electrons. The molecule has 1 fully saturated rings. The van der Waals surface area contributed by atoms with Gasteiger partial charge in [0.1, 0.15) is 0 Å². The van der Waals surface area contributed by atoms with E-state index < -0.39 is 30.2 Å². The molecule has 1 aliphatic rings. The molecule has 0 aromatic carbocycles. The van der Waals surface area contributed by atoms with E-state index in [9.17, 15) is 31.1 Å². The highest BCUT2D eigenvalue weighted by atomic mass is 19.4. The Kier molecular flexibility index (Phi) is 3.93. The van der Waals surface area contributed by atoms with E-state index in [1.165, 1.54) is 0 Å². The van der Waals surface area contributed by atoms with Crippen molar-refractivity contribution in [2.45, 2.75) is 44.1 Å². The summed E-state index contributed by atoms with van der Waals surface area (Å²) in [4.78, 5) is 11.0. The Bertz CT molecular complexity index is 264. The molecule has 0 atom stereocenters. The number of carbonyl (C=O) groups is 1. The van der Waals surface area contributed by atoms with Crippen molar-refractivity contribution in [3.63, 3.8) is 0 Å². The Labute approximate surface area is 93.4 Å². The van der Waals surface area contributed by atoms with Crippen LogP contribution >= 0.6 is 0 Å². The van der Waals surface area contributed by atoms with E-state index in [0.717, 1.165) is 0 Å². The second kappa shape index (κ2) is 4.73. The van der Waals surface area contributed by atoms with E-state index in [0.29, 0.717) is 25.7 Å². The molecule has 17 heavy (non-hydrogen) atoms. The van der Waals surface area contributed by atoms with Crippen LogP contribution in [0, 0.1) is 5.92 Å². The Morgan fingerprint density at radius 1 is 1.00 bits per heavy atom. The predicted molar refractivity (Wildman–Crippen MR) is 46.0 cm³/mol. The number of nitrogens with one attached hydrogen (secondary N) is 1. The lowest BCUT2D eigenvalue weighted by atomic mass is 10.1. The molecule has 0 unspecified atom stereocenters. The fraction of sp³-hybridized carbons (Fsp3) is 0.889. The standard InChI is InChI=1S/C9H11F6NO/c10-8(11,12)6(9(13,14)15)7(17)16-5-3-1-2-4-5/h5-6H,1-4H2,(H,16,17). The monoisotopic (exact) mass is 263 g/mol. The van der Waals surface area contributed by atoms with E-state index in [1.807, 2.05) is 5.32 Å². The average molecular weight is 263 g/mol. The minimum atomic E-state index is -5.61. The van der Waals surface area contributed by atoms with Gasteiger partial charge in [-0.25, -0.2) is 0 Å². The lowest BCUT2D eigenvalue weighted by molar-refractivity contribution is -0.274. The minimum absolute atomic E-state index is 0.425. The molecule has 8 heteroatoms. The van der Waals surface area contributed by atoms with Gasteiger partial charge in [-0.15, -0.1) is 0 Å². The molecule has 0 aromatic rings. The van der Waals surface area contributed by atoms with E-state index in [1.54, 1.807) is 0 Å². The first-order chi connectivity index (χ1) is 7.62. The van der Waals surface area contributed by atoms with E-state index in [4.69, 9.17) is 0 Å². The van der Waals surface area contributed by atoms with E-state index >= 15 is 0 Å². The summed E-state index contributed by atoms with van der Waals surface area (Å²) in [7, 11) is 0. The maximum absolute atomic E-state index is 12.2. The van der Waals surface area contributed by atoms with Gasteiger partial charge in [-0.3, -0.25) is 4.79 Å². The van der Waals surface area contributed by atoms with Crippen LogP contribution in [0.3, 0.4) is 0 Å². The number of alkyl halides is 6. The third-order valence-corrected chi connectivity index (χ3v) is 2.62. The van der Waals surface area contributed by atoms with Crippen LogP contribution in [-0.2, 0) is 4.79 Å². The van der Waals surface area contributed by atoms with Gasteiger partial charge in [0.05, 0.1) is 0 Å². The van der Waals surface area contributed by atoms with Gasteiger partial charge in [-0.1, -0.05) is 12.8 Å². The molecule has 1 saturated carbocycles. The van der Waals surface area contributed by atoms with Crippen molar-refractivity contribution in [1.29, 1.82) is 0 Å². The second-order valence-corrected chi connectivity index (χ2v) is 4.01. The van der Waals surface area contributed by atoms with Gasteiger partial charge in [0, 0.05) is 6.04 Å². The minimum Gasteiger partial charge on any atom is -0.353 e. The zero-order valence-corrected chi connectivity index (χ0v) is 8.66.